The number of rotatable bonds is 8. The molecule has 0 spiro atoms. The van der Waals surface area contributed by atoms with E-state index in [1.54, 1.807) is 24.3 Å². The smallest absolute Gasteiger partial charge is 0.347 e. The fourth-order valence-corrected chi connectivity index (χ4v) is 3.85. The summed E-state index contributed by atoms with van der Waals surface area (Å²) in [5.74, 6) is -0.629. The maximum Gasteiger partial charge on any atom is 0.347 e. The van der Waals surface area contributed by atoms with Crippen molar-refractivity contribution in [3.8, 4) is 5.75 Å². The van der Waals surface area contributed by atoms with Crippen LogP contribution in [0.15, 0.2) is 48.5 Å². The van der Waals surface area contributed by atoms with Crippen molar-refractivity contribution in [3.05, 3.63) is 59.7 Å². The molecule has 1 heterocycles. The van der Waals surface area contributed by atoms with Crippen LogP contribution in [0.25, 0.3) is 0 Å². The lowest BCUT2D eigenvalue weighted by Gasteiger charge is -2.32. The third-order valence-corrected chi connectivity index (χ3v) is 5.65. The van der Waals surface area contributed by atoms with Crippen LogP contribution in [0.4, 0.5) is 5.69 Å². The van der Waals surface area contributed by atoms with E-state index >= 15 is 0 Å². The third kappa shape index (κ3) is 6.00. The average Bonchev–Trinajstić information content (AvgIpc) is 2.75. The van der Waals surface area contributed by atoms with Gasteiger partial charge in [0.1, 0.15) is 5.75 Å². The highest BCUT2D eigenvalue weighted by molar-refractivity contribution is 5.79. The second kappa shape index (κ2) is 9.86. The zero-order valence-corrected chi connectivity index (χ0v) is 18.6. The van der Waals surface area contributed by atoms with Gasteiger partial charge < -0.3 is 20.1 Å². The second-order valence-corrected chi connectivity index (χ2v) is 8.63. The molecule has 0 unspecified atom stereocenters. The van der Waals surface area contributed by atoms with Crippen molar-refractivity contribution in [3.63, 3.8) is 0 Å². The van der Waals surface area contributed by atoms with Gasteiger partial charge in [0.25, 0.3) is 0 Å². The minimum atomic E-state index is -1.31. The highest BCUT2D eigenvalue weighted by Crippen LogP contribution is 2.28. The minimum Gasteiger partial charge on any atom is -0.478 e. The molecule has 1 saturated heterocycles. The highest BCUT2D eigenvalue weighted by atomic mass is 16.5. The second-order valence-electron chi connectivity index (χ2n) is 8.63. The van der Waals surface area contributed by atoms with Crippen molar-refractivity contribution < 1.29 is 19.4 Å². The van der Waals surface area contributed by atoms with Gasteiger partial charge in [-0.2, -0.15) is 0 Å². The SMILES string of the molecule is C[C@H](NC(=O)Cc1ccc(OC(C)(C)C(=O)O)cc1)c1ccccc1N1CCCCC1. The van der Waals surface area contributed by atoms with E-state index in [-0.39, 0.29) is 18.4 Å². The normalized spacial score (nSPS) is 15.3. The van der Waals surface area contributed by atoms with E-state index in [9.17, 15) is 14.7 Å². The Morgan fingerprint density at radius 2 is 1.71 bits per heavy atom. The molecule has 3 rings (SSSR count). The number of para-hydroxylation sites is 1. The zero-order valence-electron chi connectivity index (χ0n) is 18.6. The van der Waals surface area contributed by atoms with Crippen LogP contribution in [0.5, 0.6) is 5.75 Å². The first-order chi connectivity index (χ1) is 14.8. The molecule has 2 aromatic rings. The molecule has 0 radical (unpaired) electrons. The Bertz CT molecular complexity index is 902. The number of nitrogens with one attached hydrogen (secondary N) is 1. The Morgan fingerprint density at radius 1 is 1.06 bits per heavy atom. The van der Waals surface area contributed by atoms with Crippen molar-refractivity contribution in [1.29, 1.82) is 0 Å². The van der Waals surface area contributed by atoms with Crippen LogP contribution >= 0.6 is 0 Å². The summed E-state index contributed by atoms with van der Waals surface area (Å²) < 4.78 is 5.51. The van der Waals surface area contributed by atoms with E-state index in [1.807, 2.05) is 13.0 Å². The number of hydrogen-bond donors (Lipinski definition) is 2. The molecule has 1 aliphatic rings. The maximum absolute atomic E-state index is 12.7. The van der Waals surface area contributed by atoms with Crippen LogP contribution in [0, 0.1) is 0 Å². The first-order valence-electron chi connectivity index (χ1n) is 10.9. The molecule has 31 heavy (non-hydrogen) atoms. The van der Waals surface area contributed by atoms with Crippen molar-refractivity contribution in [1.82, 2.24) is 5.32 Å². The lowest BCUT2D eigenvalue weighted by atomic mass is 10.0. The van der Waals surface area contributed by atoms with Crippen LogP contribution < -0.4 is 15.0 Å². The molecule has 6 heteroatoms. The summed E-state index contributed by atoms with van der Waals surface area (Å²) in [4.78, 5) is 26.3. The van der Waals surface area contributed by atoms with Crippen LogP contribution in [0.1, 0.15) is 57.2 Å². The highest BCUT2D eigenvalue weighted by Gasteiger charge is 2.29. The van der Waals surface area contributed by atoms with Gasteiger partial charge in [0, 0.05) is 18.8 Å². The molecule has 0 bridgehead atoms. The molecule has 6 nitrogen and oxygen atoms in total. The molecule has 2 N–H and O–H groups in total. The number of carboxylic acid groups (broad SMARTS) is 1. The van der Waals surface area contributed by atoms with Crippen LogP contribution in [0.3, 0.4) is 0 Å². The lowest BCUT2D eigenvalue weighted by molar-refractivity contribution is -0.152. The first-order valence-corrected chi connectivity index (χ1v) is 10.9. The van der Waals surface area contributed by atoms with Gasteiger partial charge in [-0.15, -0.1) is 0 Å². The number of carbonyl (C=O) groups excluding carboxylic acids is 1. The van der Waals surface area contributed by atoms with Gasteiger partial charge >= 0.3 is 5.97 Å². The minimum absolute atomic E-state index is 0.0551. The van der Waals surface area contributed by atoms with E-state index in [1.165, 1.54) is 38.8 Å². The standard InChI is InChI=1S/C25H32N2O4/c1-18(21-9-5-6-10-22(21)27-15-7-4-8-16-27)26-23(28)17-19-11-13-20(14-12-19)31-25(2,3)24(29)30/h5-6,9-14,18H,4,7-8,15-17H2,1-3H3,(H,26,28)(H,29,30)/t18-/m0/s1. The van der Waals surface area contributed by atoms with E-state index in [0.717, 1.165) is 24.2 Å². The third-order valence-electron chi connectivity index (χ3n) is 5.65. The Hall–Kier alpha value is -3.02. The molecule has 2 aromatic carbocycles. The topological polar surface area (TPSA) is 78.9 Å². The van der Waals surface area contributed by atoms with E-state index in [2.05, 4.69) is 28.4 Å². The molecule has 166 valence electrons. The predicted molar refractivity (Wildman–Crippen MR) is 122 cm³/mol. The number of carboxylic acids is 1. The molecular formula is C25H32N2O4. The average molecular weight is 425 g/mol. The molecule has 1 atom stereocenters. The molecule has 1 aliphatic heterocycles. The first kappa shape index (κ1) is 22.7. The van der Waals surface area contributed by atoms with E-state index in [4.69, 9.17) is 4.74 Å². The number of carbonyl (C=O) groups is 2. The largest absolute Gasteiger partial charge is 0.478 e. The van der Waals surface area contributed by atoms with Gasteiger partial charge in [0.15, 0.2) is 5.60 Å². The Kier molecular flexibility index (Phi) is 7.21. The van der Waals surface area contributed by atoms with Gasteiger partial charge in [-0.05, 0) is 69.4 Å². The Labute approximate surface area is 184 Å². The fourth-order valence-electron chi connectivity index (χ4n) is 3.85. The van der Waals surface area contributed by atoms with Crippen molar-refractivity contribution in [2.75, 3.05) is 18.0 Å². The monoisotopic (exact) mass is 424 g/mol. The summed E-state index contributed by atoms with van der Waals surface area (Å²) in [6.45, 7) is 7.14. The van der Waals surface area contributed by atoms with Crippen molar-refractivity contribution in [2.45, 2.75) is 58.1 Å². The zero-order chi connectivity index (χ0) is 22.4. The van der Waals surface area contributed by atoms with Crippen molar-refractivity contribution >= 4 is 17.6 Å². The van der Waals surface area contributed by atoms with E-state index in [0.29, 0.717) is 5.75 Å². The molecule has 0 aromatic heterocycles. The number of anilines is 1. The number of piperidine rings is 1. The molecule has 1 fully saturated rings. The summed E-state index contributed by atoms with van der Waals surface area (Å²) in [5, 5.41) is 12.3. The van der Waals surface area contributed by atoms with Crippen molar-refractivity contribution in [2.24, 2.45) is 0 Å². The van der Waals surface area contributed by atoms with Gasteiger partial charge in [0.2, 0.25) is 5.91 Å². The molecule has 1 amide bonds. The quantitative estimate of drug-likeness (QED) is 0.659. The summed E-state index contributed by atoms with van der Waals surface area (Å²) in [7, 11) is 0. The van der Waals surface area contributed by atoms with Crippen LogP contribution in [-0.4, -0.2) is 35.7 Å². The number of benzene rings is 2. The molecule has 0 aliphatic carbocycles. The summed E-state index contributed by atoms with van der Waals surface area (Å²) in [6, 6.07) is 15.2. The number of hydrogen-bond acceptors (Lipinski definition) is 4. The summed E-state index contributed by atoms with van der Waals surface area (Å²) >= 11 is 0. The van der Waals surface area contributed by atoms with Gasteiger partial charge in [0.05, 0.1) is 12.5 Å². The molecule has 0 saturated carbocycles. The number of ether oxygens (including phenoxy) is 1. The van der Waals surface area contributed by atoms with Gasteiger partial charge in [-0.3, -0.25) is 4.79 Å². The van der Waals surface area contributed by atoms with Gasteiger partial charge in [-0.1, -0.05) is 30.3 Å². The van der Waals surface area contributed by atoms with Crippen LogP contribution in [0.2, 0.25) is 0 Å². The summed E-state index contributed by atoms with van der Waals surface area (Å²) in [5.41, 5.74) is 1.88. The van der Waals surface area contributed by atoms with E-state index < -0.39 is 11.6 Å². The summed E-state index contributed by atoms with van der Waals surface area (Å²) in [6.07, 6.45) is 3.94. The molecular weight excluding hydrogens is 392 g/mol. The van der Waals surface area contributed by atoms with Crippen LogP contribution in [-0.2, 0) is 16.0 Å². The maximum atomic E-state index is 12.7. The lowest BCUT2D eigenvalue weighted by Crippen LogP contribution is -2.37. The number of nitrogens with zero attached hydrogens (tertiary/aromatic N) is 1. The number of aliphatic carboxylic acids is 1. The van der Waals surface area contributed by atoms with Gasteiger partial charge in [-0.25, -0.2) is 4.79 Å². The predicted octanol–water partition coefficient (Wildman–Crippen LogP) is 4.34. The Balaban J connectivity index is 1.60. The Morgan fingerprint density at radius 3 is 2.35 bits per heavy atom. The fraction of sp³-hybridized carbons (Fsp3) is 0.440. The number of amides is 1.